The second-order valence-corrected chi connectivity index (χ2v) is 4.23. The molecule has 0 bridgehead atoms. The topological polar surface area (TPSA) is 85.0 Å². The van der Waals surface area contributed by atoms with E-state index in [0.29, 0.717) is 16.8 Å². The maximum absolute atomic E-state index is 11.9. The van der Waals surface area contributed by atoms with Crippen LogP contribution in [0.25, 0.3) is 11.5 Å². The first-order valence-corrected chi connectivity index (χ1v) is 5.71. The van der Waals surface area contributed by atoms with Gasteiger partial charge in [0, 0.05) is 6.20 Å². The zero-order valence-corrected chi connectivity index (χ0v) is 10.4. The molecule has 7 nitrogen and oxygen atoms in total. The molecular formula is C12H11N5O2. The van der Waals surface area contributed by atoms with Gasteiger partial charge in [0.2, 0.25) is 5.95 Å². The molecule has 0 saturated heterocycles. The number of hydrogen-bond acceptors (Lipinski definition) is 4. The third-order valence-corrected chi connectivity index (χ3v) is 2.98. The van der Waals surface area contributed by atoms with E-state index in [1.54, 1.807) is 25.3 Å². The van der Waals surface area contributed by atoms with Crippen LogP contribution in [0, 0.1) is 6.92 Å². The Morgan fingerprint density at radius 1 is 1.42 bits per heavy atom. The number of nitrogens with one attached hydrogen (secondary N) is 1. The summed E-state index contributed by atoms with van der Waals surface area (Å²) in [6, 6.07) is 3.41. The third-order valence-electron chi connectivity index (χ3n) is 2.98. The maximum atomic E-state index is 11.9. The average Bonchev–Trinajstić information content (AvgIpc) is 2.94. The summed E-state index contributed by atoms with van der Waals surface area (Å²) < 4.78 is 2.92. The van der Waals surface area contributed by atoms with Gasteiger partial charge in [-0.1, -0.05) is 0 Å². The van der Waals surface area contributed by atoms with Gasteiger partial charge < -0.3 is 0 Å². The number of ketones is 1. The first-order valence-electron chi connectivity index (χ1n) is 5.71. The Balaban J connectivity index is 2.24. The molecule has 0 aliphatic carbocycles. The number of rotatable bonds is 2. The summed E-state index contributed by atoms with van der Waals surface area (Å²) >= 11 is 0. The highest BCUT2D eigenvalue weighted by Crippen LogP contribution is 2.11. The molecule has 3 aromatic rings. The molecule has 0 aliphatic heterocycles. The van der Waals surface area contributed by atoms with Crippen molar-refractivity contribution in [1.82, 2.24) is 24.4 Å². The van der Waals surface area contributed by atoms with Gasteiger partial charge in [0.05, 0.1) is 17.5 Å². The van der Waals surface area contributed by atoms with E-state index in [2.05, 4.69) is 15.2 Å². The van der Waals surface area contributed by atoms with Crippen LogP contribution >= 0.6 is 0 Å². The van der Waals surface area contributed by atoms with Crippen LogP contribution in [0.5, 0.6) is 0 Å². The summed E-state index contributed by atoms with van der Waals surface area (Å²) in [6.07, 6.45) is 3.15. The number of aromatic nitrogens is 5. The van der Waals surface area contributed by atoms with Gasteiger partial charge in [-0.25, -0.2) is 9.20 Å². The predicted molar refractivity (Wildman–Crippen MR) is 67.7 cm³/mol. The van der Waals surface area contributed by atoms with Gasteiger partial charge in [-0.15, -0.1) is 5.10 Å². The summed E-state index contributed by atoms with van der Waals surface area (Å²) in [6.45, 7) is 3.23. The van der Waals surface area contributed by atoms with Gasteiger partial charge in [-0.2, -0.15) is 5.10 Å². The molecule has 0 amide bonds. The fourth-order valence-corrected chi connectivity index (χ4v) is 2.00. The van der Waals surface area contributed by atoms with E-state index in [0.717, 1.165) is 0 Å². The quantitative estimate of drug-likeness (QED) is 0.685. The molecule has 0 atom stereocenters. The van der Waals surface area contributed by atoms with Crippen LogP contribution in [0.2, 0.25) is 0 Å². The van der Waals surface area contributed by atoms with Gasteiger partial charge in [0.1, 0.15) is 5.52 Å². The van der Waals surface area contributed by atoms with E-state index in [4.69, 9.17) is 0 Å². The van der Waals surface area contributed by atoms with Crippen LogP contribution in [0.3, 0.4) is 0 Å². The standard InChI is InChI=1S/C12H11N5O2/c1-7-9(8(2)18)6-13-17(7)12-14-11(19)10-4-3-5-16(10)15-12/h3-6H,1-2H3,(H,14,15,19). The minimum Gasteiger partial charge on any atom is -0.294 e. The lowest BCUT2D eigenvalue weighted by molar-refractivity contribution is 0.101. The van der Waals surface area contributed by atoms with Crippen molar-refractivity contribution in [2.24, 2.45) is 0 Å². The zero-order chi connectivity index (χ0) is 13.6. The number of H-pyrrole nitrogens is 1. The summed E-state index contributed by atoms with van der Waals surface area (Å²) in [5.41, 5.74) is 1.35. The molecule has 0 fully saturated rings. The summed E-state index contributed by atoms with van der Waals surface area (Å²) in [4.78, 5) is 25.9. The maximum Gasteiger partial charge on any atom is 0.276 e. The fraction of sp³-hybridized carbons (Fsp3) is 0.167. The van der Waals surface area contributed by atoms with Crippen LogP contribution in [0.4, 0.5) is 0 Å². The molecule has 7 heteroatoms. The Morgan fingerprint density at radius 3 is 2.89 bits per heavy atom. The first-order chi connectivity index (χ1) is 9.08. The van der Waals surface area contributed by atoms with Crippen LogP contribution in [-0.2, 0) is 0 Å². The average molecular weight is 257 g/mol. The number of fused-ring (bicyclic) bond motifs is 1. The molecule has 19 heavy (non-hydrogen) atoms. The molecule has 3 aromatic heterocycles. The van der Waals surface area contributed by atoms with Crippen molar-refractivity contribution in [3.63, 3.8) is 0 Å². The highest BCUT2D eigenvalue weighted by molar-refractivity contribution is 5.94. The van der Waals surface area contributed by atoms with E-state index in [1.165, 1.54) is 22.3 Å². The molecule has 3 rings (SSSR count). The van der Waals surface area contributed by atoms with Crippen LogP contribution < -0.4 is 5.56 Å². The molecule has 1 N–H and O–H groups in total. The predicted octanol–water partition coefficient (Wildman–Crippen LogP) is 0.719. The van der Waals surface area contributed by atoms with E-state index < -0.39 is 0 Å². The summed E-state index contributed by atoms with van der Waals surface area (Å²) in [5.74, 6) is 0.201. The van der Waals surface area contributed by atoms with Crippen molar-refractivity contribution >= 4 is 11.3 Å². The molecule has 0 radical (unpaired) electrons. The third kappa shape index (κ3) is 1.67. The SMILES string of the molecule is CC(=O)c1cnn(-c2nn3cccc3c(=O)[nH]2)c1C. The Hall–Kier alpha value is -2.70. The van der Waals surface area contributed by atoms with Crippen molar-refractivity contribution in [3.05, 3.63) is 46.1 Å². The number of carbonyl (C=O) groups is 1. The van der Waals surface area contributed by atoms with E-state index in [1.807, 2.05) is 0 Å². The second-order valence-electron chi connectivity index (χ2n) is 4.23. The minimum atomic E-state index is -0.255. The normalized spacial score (nSPS) is 11.1. The number of nitrogens with zero attached hydrogens (tertiary/aromatic N) is 4. The van der Waals surface area contributed by atoms with Gasteiger partial charge in [-0.3, -0.25) is 14.6 Å². The van der Waals surface area contributed by atoms with E-state index >= 15 is 0 Å². The number of hydrogen-bond donors (Lipinski definition) is 1. The minimum absolute atomic E-state index is 0.0758. The van der Waals surface area contributed by atoms with Crippen LogP contribution in [0.1, 0.15) is 23.0 Å². The van der Waals surface area contributed by atoms with Crippen molar-refractivity contribution in [3.8, 4) is 5.95 Å². The van der Waals surface area contributed by atoms with Gasteiger partial charge in [0.25, 0.3) is 5.56 Å². The van der Waals surface area contributed by atoms with Gasteiger partial charge in [-0.05, 0) is 26.0 Å². The van der Waals surface area contributed by atoms with Crippen LogP contribution in [-0.4, -0.2) is 30.2 Å². The molecular weight excluding hydrogens is 246 g/mol. The smallest absolute Gasteiger partial charge is 0.276 e. The lowest BCUT2D eigenvalue weighted by atomic mass is 10.2. The van der Waals surface area contributed by atoms with E-state index in [-0.39, 0.29) is 17.3 Å². The largest absolute Gasteiger partial charge is 0.294 e. The van der Waals surface area contributed by atoms with Crippen molar-refractivity contribution in [2.75, 3.05) is 0 Å². The van der Waals surface area contributed by atoms with Gasteiger partial charge >= 0.3 is 0 Å². The summed E-state index contributed by atoms with van der Waals surface area (Å²) in [5, 5.41) is 8.34. The number of aromatic amines is 1. The summed E-state index contributed by atoms with van der Waals surface area (Å²) in [7, 11) is 0. The lowest BCUT2D eigenvalue weighted by Crippen LogP contribution is -2.18. The Labute approximate surface area is 107 Å². The molecule has 0 saturated carbocycles. The molecule has 3 heterocycles. The molecule has 0 unspecified atom stereocenters. The Kier molecular flexibility index (Phi) is 2.34. The van der Waals surface area contributed by atoms with Crippen LogP contribution in [0.15, 0.2) is 29.3 Å². The monoisotopic (exact) mass is 257 g/mol. The first kappa shape index (κ1) is 11.4. The second kappa shape index (κ2) is 3.91. The Morgan fingerprint density at radius 2 is 2.21 bits per heavy atom. The fourth-order valence-electron chi connectivity index (χ4n) is 2.00. The number of carbonyl (C=O) groups excluding carboxylic acids is 1. The van der Waals surface area contributed by atoms with E-state index in [9.17, 15) is 9.59 Å². The van der Waals surface area contributed by atoms with Crippen molar-refractivity contribution < 1.29 is 4.79 Å². The van der Waals surface area contributed by atoms with Gasteiger partial charge in [0.15, 0.2) is 5.78 Å². The Bertz CT molecular complexity index is 839. The lowest BCUT2D eigenvalue weighted by Gasteiger charge is -2.04. The van der Waals surface area contributed by atoms with Crippen molar-refractivity contribution in [2.45, 2.75) is 13.8 Å². The zero-order valence-electron chi connectivity index (χ0n) is 10.4. The molecule has 0 spiro atoms. The highest BCUT2D eigenvalue weighted by Gasteiger charge is 2.14. The number of Topliss-reactive ketones (excluding diaryl/α,β-unsaturated/α-hetero) is 1. The molecule has 0 aromatic carbocycles. The molecule has 96 valence electrons. The van der Waals surface area contributed by atoms with Crippen molar-refractivity contribution in [1.29, 1.82) is 0 Å². The highest BCUT2D eigenvalue weighted by atomic mass is 16.1. The molecule has 0 aliphatic rings.